The topological polar surface area (TPSA) is 94.3 Å². The minimum atomic E-state index is -3.70. The lowest BCUT2D eigenvalue weighted by Gasteiger charge is -2.11. The van der Waals surface area contributed by atoms with Crippen molar-refractivity contribution in [1.29, 1.82) is 0 Å². The molecule has 0 aliphatic heterocycles. The van der Waals surface area contributed by atoms with Gasteiger partial charge >= 0.3 is 0 Å². The molecular weight excluding hydrogens is 278 g/mol. The maximum Gasteiger partial charge on any atom is 0.262 e. The van der Waals surface area contributed by atoms with Crippen LogP contribution in [0.5, 0.6) is 5.88 Å². The van der Waals surface area contributed by atoms with Gasteiger partial charge in [-0.15, -0.1) is 0 Å². The van der Waals surface area contributed by atoms with Crippen LogP contribution < -0.4 is 15.2 Å². The highest BCUT2D eigenvalue weighted by atomic mass is 32.2. The normalized spacial score (nSPS) is 11.1. The number of ether oxygens (including phenoxy) is 1. The van der Waals surface area contributed by atoms with Gasteiger partial charge in [-0.3, -0.25) is 4.72 Å². The Bertz CT molecular complexity index is 712. The number of anilines is 2. The number of nitrogen functional groups attached to an aromatic ring is 1. The second-order valence-corrected chi connectivity index (χ2v) is 5.87. The minimum Gasteiger partial charge on any atom is -0.481 e. The average Bonchev–Trinajstić information content (AvgIpc) is 2.42. The summed E-state index contributed by atoms with van der Waals surface area (Å²) in [6, 6.07) is 7.89. The number of methoxy groups -OCH3 is 1. The summed E-state index contributed by atoms with van der Waals surface area (Å²) in [5.41, 5.74) is 7.00. The van der Waals surface area contributed by atoms with Crippen molar-refractivity contribution in [2.75, 3.05) is 17.6 Å². The predicted molar refractivity (Wildman–Crippen MR) is 77.2 cm³/mol. The van der Waals surface area contributed by atoms with Gasteiger partial charge < -0.3 is 10.5 Å². The molecule has 2 rings (SSSR count). The van der Waals surface area contributed by atoms with Crippen molar-refractivity contribution in [3.05, 3.63) is 42.1 Å². The van der Waals surface area contributed by atoms with E-state index < -0.39 is 10.0 Å². The van der Waals surface area contributed by atoms with Crippen molar-refractivity contribution < 1.29 is 13.2 Å². The molecule has 1 aromatic carbocycles. The maximum absolute atomic E-state index is 12.3. The van der Waals surface area contributed by atoms with Crippen LogP contribution in [0.15, 0.2) is 41.4 Å². The first-order valence-electron chi connectivity index (χ1n) is 5.81. The van der Waals surface area contributed by atoms with Gasteiger partial charge in [-0.05, 0) is 30.7 Å². The number of rotatable bonds is 4. The van der Waals surface area contributed by atoms with E-state index >= 15 is 0 Å². The van der Waals surface area contributed by atoms with E-state index in [0.717, 1.165) is 0 Å². The first kappa shape index (κ1) is 14.1. The lowest BCUT2D eigenvalue weighted by molar-refractivity contribution is 0.398. The van der Waals surface area contributed by atoms with Crippen molar-refractivity contribution in [1.82, 2.24) is 4.98 Å². The number of nitrogens with zero attached hydrogens (tertiary/aromatic N) is 1. The highest BCUT2D eigenvalue weighted by Crippen LogP contribution is 2.21. The first-order valence-corrected chi connectivity index (χ1v) is 7.29. The Labute approximate surface area is 117 Å². The molecule has 0 radical (unpaired) electrons. The van der Waals surface area contributed by atoms with Crippen LogP contribution in [0, 0.1) is 6.92 Å². The Kier molecular flexibility index (Phi) is 3.80. The molecule has 7 heteroatoms. The fourth-order valence-corrected chi connectivity index (χ4v) is 3.00. The highest BCUT2D eigenvalue weighted by Gasteiger charge is 2.17. The van der Waals surface area contributed by atoms with Gasteiger partial charge in [-0.25, -0.2) is 13.4 Å². The van der Waals surface area contributed by atoms with Gasteiger partial charge in [0, 0.05) is 11.8 Å². The molecule has 0 amide bonds. The number of pyridine rings is 1. The molecule has 1 heterocycles. The Morgan fingerprint density at radius 1 is 1.25 bits per heavy atom. The first-order chi connectivity index (χ1) is 9.42. The van der Waals surface area contributed by atoms with Crippen molar-refractivity contribution in [2.24, 2.45) is 0 Å². The number of nitrogens with two attached hydrogens (primary N) is 1. The number of aryl methyl sites for hydroxylation is 1. The fourth-order valence-electron chi connectivity index (χ4n) is 1.68. The molecule has 0 fully saturated rings. The van der Waals surface area contributed by atoms with Gasteiger partial charge in [0.15, 0.2) is 0 Å². The smallest absolute Gasteiger partial charge is 0.262 e. The van der Waals surface area contributed by atoms with Crippen molar-refractivity contribution >= 4 is 21.4 Å². The number of hydrogen-bond acceptors (Lipinski definition) is 5. The van der Waals surface area contributed by atoms with Crippen LogP contribution in [-0.4, -0.2) is 20.5 Å². The number of sulfonamides is 1. The summed E-state index contributed by atoms with van der Waals surface area (Å²) in [5.74, 6) is 0.410. The Morgan fingerprint density at radius 3 is 2.60 bits per heavy atom. The molecule has 0 aliphatic rings. The number of benzene rings is 1. The highest BCUT2D eigenvalue weighted by molar-refractivity contribution is 7.92. The van der Waals surface area contributed by atoms with Gasteiger partial charge in [0.05, 0.1) is 23.9 Å². The van der Waals surface area contributed by atoms with Crippen LogP contribution in [0.1, 0.15) is 5.56 Å². The molecule has 2 aromatic rings. The SMILES string of the molecule is COc1ccc(NS(=O)(=O)c2cc(N)ccc2C)cn1. The Hall–Kier alpha value is -2.28. The van der Waals surface area contributed by atoms with Crippen LogP contribution in [-0.2, 0) is 10.0 Å². The molecule has 0 spiro atoms. The zero-order valence-electron chi connectivity index (χ0n) is 11.1. The van der Waals surface area contributed by atoms with E-state index in [9.17, 15) is 8.42 Å². The third-order valence-corrected chi connectivity index (χ3v) is 4.22. The zero-order chi connectivity index (χ0) is 14.8. The summed E-state index contributed by atoms with van der Waals surface area (Å²) in [7, 11) is -2.21. The van der Waals surface area contributed by atoms with E-state index in [2.05, 4.69) is 9.71 Å². The second kappa shape index (κ2) is 5.38. The van der Waals surface area contributed by atoms with Crippen LogP contribution in [0.4, 0.5) is 11.4 Å². The average molecular weight is 293 g/mol. The van der Waals surface area contributed by atoms with E-state index in [4.69, 9.17) is 10.5 Å². The molecule has 6 nitrogen and oxygen atoms in total. The molecule has 0 saturated carbocycles. The van der Waals surface area contributed by atoms with Gasteiger partial charge in [0.2, 0.25) is 5.88 Å². The van der Waals surface area contributed by atoms with Crippen molar-refractivity contribution in [3.8, 4) is 5.88 Å². The standard InChI is InChI=1S/C13H15N3O3S/c1-9-3-4-10(14)7-12(9)20(17,18)16-11-5-6-13(19-2)15-8-11/h3-8,16H,14H2,1-2H3. The lowest BCUT2D eigenvalue weighted by atomic mass is 10.2. The largest absolute Gasteiger partial charge is 0.481 e. The van der Waals surface area contributed by atoms with E-state index in [1.165, 1.54) is 19.4 Å². The van der Waals surface area contributed by atoms with E-state index in [1.54, 1.807) is 31.2 Å². The number of aromatic nitrogens is 1. The number of nitrogens with one attached hydrogen (secondary N) is 1. The molecule has 20 heavy (non-hydrogen) atoms. The van der Waals surface area contributed by atoms with Crippen molar-refractivity contribution in [2.45, 2.75) is 11.8 Å². The molecule has 3 N–H and O–H groups in total. The molecule has 106 valence electrons. The Morgan fingerprint density at radius 2 is 2.00 bits per heavy atom. The van der Waals surface area contributed by atoms with Gasteiger partial charge in [-0.2, -0.15) is 0 Å². The van der Waals surface area contributed by atoms with E-state index in [1.807, 2.05) is 0 Å². The second-order valence-electron chi connectivity index (χ2n) is 4.22. The molecule has 0 bridgehead atoms. The number of hydrogen-bond donors (Lipinski definition) is 2. The maximum atomic E-state index is 12.3. The van der Waals surface area contributed by atoms with Crippen molar-refractivity contribution in [3.63, 3.8) is 0 Å². The van der Waals surface area contributed by atoms with Crippen LogP contribution >= 0.6 is 0 Å². The van der Waals surface area contributed by atoms with Crippen LogP contribution in [0.25, 0.3) is 0 Å². The van der Waals surface area contributed by atoms with Gasteiger partial charge in [-0.1, -0.05) is 6.07 Å². The summed E-state index contributed by atoms with van der Waals surface area (Å²) in [6.45, 7) is 1.71. The Balaban J connectivity index is 2.32. The molecule has 0 aliphatic carbocycles. The quantitative estimate of drug-likeness (QED) is 0.838. The molecule has 1 aromatic heterocycles. The predicted octanol–water partition coefficient (Wildman–Crippen LogP) is 1.78. The third kappa shape index (κ3) is 3.00. The van der Waals surface area contributed by atoms with Crippen LogP contribution in [0.2, 0.25) is 0 Å². The third-order valence-electron chi connectivity index (χ3n) is 2.70. The molecule has 0 saturated heterocycles. The summed E-state index contributed by atoms with van der Waals surface area (Å²) in [5, 5.41) is 0. The van der Waals surface area contributed by atoms with Crippen LogP contribution in [0.3, 0.4) is 0 Å². The molecule has 0 atom stereocenters. The van der Waals surface area contributed by atoms with E-state index in [0.29, 0.717) is 22.8 Å². The fraction of sp³-hybridized carbons (Fsp3) is 0.154. The zero-order valence-corrected chi connectivity index (χ0v) is 11.9. The molecule has 0 unspecified atom stereocenters. The summed E-state index contributed by atoms with van der Waals surface area (Å²) >= 11 is 0. The monoisotopic (exact) mass is 293 g/mol. The lowest BCUT2D eigenvalue weighted by Crippen LogP contribution is -2.14. The van der Waals surface area contributed by atoms with Gasteiger partial charge in [0.1, 0.15) is 0 Å². The summed E-state index contributed by atoms with van der Waals surface area (Å²) in [4.78, 5) is 4.09. The summed E-state index contributed by atoms with van der Waals surface area (Å²) in [6.07, 6.45) is 1.39. The summed E-state index contributed by atoms with van der Waals surface area (Å²) < 4.78 is 32.0. The minimum absolute atomic E-state index is 0.147. The van der Waals surface area contributed by atoms with E-state index in [-0.39, 0.29) is 4.90 Å². The van der Waals surface area contributed by atoms with Gasteiger partial charge in [0.25, 0.3) is 10.0 Å². The molecular formula is C13H15N3O3S.